The van der Waals surface area contributed by atoms with Crippen molar-refractivity contribution in [2.45, 2.75) is 33.7 Å². The molecule has 0 fully saturated rings. The molecule has 0 heterocycles. The first-order valence-corrected chi connectivity index (χ1v) is 5.10. The highest BCUT2D eigenvalue weighted by molar-refractivity contribution is 5.82. The fourth-order valence-electron chi connectivity index (χ4n) is 1.15. The minimum absolute atomic E-state index is 0.107. The van der Waals surface area contributed by atoms with Crippen LogP contribution >= 0.6 is 0 Å². The van der Waals surface area contributed by atoms with Gasteiger partial charge in [0.15, 0.2) is 0 Å². The SMILES string of the molecule is CC(C#N)CN(C)C(=O)[C@@H](N)C(C)(C)C. The Hall–Kier alpha value is -1.08. The lowest BCUT2D eigenvalue weighted by Gasteiger charge is -2.30. The molecule has 2 N–H and O–H groups in total. The number of carbonyl (C=O) groups excluding carboxylic acids is 1. The van der Waals surface area contributed by atoms with Gasteiger partial charge in [0.25, 0.3) is 0 Å². The number of rotatable bonds is 3. The molecule has 2 atom stereocenters. The molecule has 15 heavy (non-hydrogen) atoms. The maximum Gasteiger partial charge on any atom is 0.239 e. The Labute approximate surface area is 92.0 Å². The van der Waals surface area contributed by atoms with E-state index in [2.05, 4.69) is 6.07 Å². The van der Waals surface area contributed by atoms with Crippen molar-refractivity contribution in [1.82, 2.24) is 4.90 Å². The molecule has 0 aromatic rings. The topological polar surface area (TPSA) is 70.1 Å². The molecule has 1 amide bonds. The highest BCUT2D eigenvalue weighted by atomic mass is 16.2. The Kier molecular flexibility index (Phi) is 4.76. The van der Waals surface area contributed by atoms with Crippen LogP contribution in [0.3, 0.4) is 0 Å². The van der Waals surface area contributed by atoms with E-state index in [0.717, 1.165) is 0 Å². The second-order valence-corrected chi connectivity index (χ2v) is 5.09. The lowest BCUT2D eigenvalue weighted by atomic mass is 9.86. The Morgan fingerprint density at radius 3 is 2.33 bits per heavy atom. The molecular formula is C11H21N3O. The molecule has 0 saturated carbocycles. The molecular weight excluding hydrogens is 190 g/mol. The normalized spacial score (nSPS) is 15.3. The highest BCUT2D eigenvalue weighted by Gasteiger charge is 2.29. The monoisotopic (exact) mass is 211 g/mol. The van der Waals surface area contributed by atoms with Gasteiger partial charge in [-0.3, -0.25) is 4.79 Å². The van der Waals surface area contributed by atoms with Crippen molar-refractivity contribution in [2.75, 3.05) is 13.6 Å². The zero-order valence-corrected chi connectivity index (χ0v) is 10.2. The number of nitrogens with two attached hydrogens (primary N) is 1. The first kappa shape index (κ1) is 13.9. The number of likely N-dealkylation sites (N-methyl/N-ethyl adjacent to an activating group) is 1. The van der Waals surface area contributed by atoms with Crippen LogP contribution in [0.15, 0.2) is 0 Å². The van der Waals surface area contributed by atoms with E-state index in [0.29, 0.717) is 6.54 Å². The fraction of sp³-hybridized carbons (Fsp3) is 0.818. The third kappa shape index (κ3) is 4.30. The van der Waals surface area contributed by atoms with Crippen molar-refractivity contribution in [3.8, 4) is 6.07 Å². The first-order valence-electron chi connectivity index (χ1n) is 5.10. The van der Waals surface area contributed by atoms with Crippen molar-refractivity contribution in [2.24, 2.45) is 17.1 Å². The van der Waals surface area contributed by atoms with Crippen LogP contribution in [0.2, 0.25) is 0 Å². The number of hydrogen-bond acceptors (Lipinski definition) is 3. The predicted octanol–water partition coefficient (Wildman–Crippen LogP) is 0.978. The Bertz CT molecular complexity index is 262. The standard InChI is InChI=1S/C11H21N3O/c1-8(6-12)7-14(5)10(15)9(13)11(2,3)4/h8-9H,7,13H2,1-5H3/t8?,9-/m1/s1. The smallest absolute Gasteiger partial charge is 0.239 e. The van der Waals surface area contributed by atoms with Crippen LogP contribution in [0, 0.1) is 22.7 Å². The van der Waals surface area contributed by atoms with E-state index in [1.54, 1.807) is 14.0 Å². The Balaban J connectivity index is 4.41. The van der Waals surface area contributed by atoms with Gasteiger partial charge in [-0.05, 0) is 12.3 Å². The summed E-state index contributed by atoms with van der Waals surface area (Å²) < 4.78 is 0. The van der Waals surface area contributed by atoms with E-state index >= 15 is 0 Å². The lowest BCUT2D eigenvalue weighted by molar-refractivity contribution is -0.133. The number of nitriles is 1. The number of carbonyl (C=O) groups is 1. The molecule has 4 heteroatoms. The average molecular weight is 211 g/mol. The van der Waals surface area contributed by atoms with Crippen LogP contribution in [-0.2, 0) is 4.79 Å². The van der Waals surface area contributed by atoms with Gasteiger partial charge in [0, 0.05) is 13.6 Å². The lowest BCUT2D eigenvalue weighted by Crippen LogP contribution is -2.49. The minimum atomic E-state index is -0.520. The van der Waals surface area contributed by atoms with Gasteiger partial charge in [0.2, 0.25) is 5.91 Å². The molecule has 0 aliphatic carbocycles. The quantitative estimate of drug-likeness (QED) is 0.756. The summed E-state index contributed by atoms with van der Waals surface area (Å²) in [7, 11) is 1.68. The van der Waals surface area contributed by atoms with Crippen molar-refractivity contribution in [3.05, 3.63) is 0 Å². The average Bonchev–Trinajstić information content (AvgIpc) is 2.13. The van der Waals surface area contributed by atoms with Gasteiger partial charge in [0.05, 0.1) is 18.0 Å². The van der Waals surface area contributed by atoms with E-state index in [4.69, 9.17) is 11.0 Å². The Morgan fingerprint density at radius 1 is 1.53 bits per heavy atom. The molecule has 0 radical (unpaired) electrons. The van der Waals surface area contributed by atoms with Crippen LogP contribution in [0.5, 0.6) is 0 Å². The van der Waals surface area contributed by atoms with Crippen LogP contribution in [0.25, 0.3) is 0 Å². The van der Waals surface area contributed by atoms with E-state index < -0.39 is 6.04 Å². The second-order valence-electron chi connectivity index (χ2n) is 5.09. The largest absolute Gasteiger partial charge is 0.343 e. The molecule has 4 nitrogen and oxygen atoms in total. The van der Waals surface area contributed by atoms with Gasteiger partial charge >= 0.3 is 0 Å². The zero-order chi connectivity index (χ0) is 12.2. The van der Waals surface area contributed by atoms with E-state index in [1.807, 2.05) is 20.8 Å². The maximum absolute atomic E-state index is 11.8. The summed E-state index contributed by atoms with van der Waals surface area (Å²) in [6, 6.07) is 1.57. The molecule has 0 spiro atoms. The van der Waals surface area contributed by atoms with Crippen LogP contribution in [-0.4, -0.2) is 30.4 Å². The van der Waals surface area contributed by atoms with Gasteiger partial charge in [-0.15, -0.1) is 0 Å². The molecule has 0 saturated heterocycles. The predicted molar refractivity (Wildman–Crippen MR) is 59.8 cm³/mol. The second kappa shape index (κ2) is 5.13. The molecule has 86 valence electrons. The summed E-state index contributed by atoms with van der Waals surface area (Å²) in [6.07, 6.45) is 0. The van der Waals surface area contributed by atoms with Gasteiger partial charge in [-0.1, -0.05) is 20.8 Å². The summed E-state index contributed by atoms with van der Waals surface area (Å²) in [5.41, 5.74) is 5.59. The number of amides is 1. The molecule has 1 unspecified atom stereocenters. The molecule has 0 rings (SSSR count). The van der Waals surface area contributed by atoms with Crippen molar-refractivity contribution in [3.63, 3.8) is 0 Å². The van der Waals surface area contributed by atoms with Gasteiger partial charge in [0.1, 0.15) is 0 Å². The number of hydrogen-bond donors (Lipinski definition) is 1. The molecule has 0 aliphatic rings. The third-order valence-corrected chi connectivity index (χ3v) is 2.34. The molecule has 0 bridgehead atoms. The maximum atomic E-state index is 11.8. The number of nitrogens with zero attached hydrogens (tertiary/aromatic N) is 2. The van der Waals surface area contributed by atoms with Gasteiger partial charge in [-0.2, -0.15) is 5.26 Å². The summed E-state index contributed by atoms with van der Waals surface area (Å²) in [4.78, 5) is 13.4. The zero-order valence-electron chi connectivity index (χ0n) is 10.2. The van der Waals surface area contributed by atoms with Gasteiger partial charge < -0.3 is 10.6 Å². The fourth-order valence-corrected chi connectivity index (χ4v) is 1.15. The van der Waals surface area contributed by atoms with Crippen LogP contribution in [0.4, 0.5) is 0 Å². The summed E-state index contributed by atoms with van der Waals surface area (Å²) in [5, 5.41) is 8.64. The molecule has 0 aromatic carbocycles. The summed E-state index contributed by atoms with van der Waals surface area (Å²) >= 11 is 0. The summed E-state index contributed by atoms with van der Waals surface area (Å²) in [5.74, 6) is -0.268. The van der Waals surface area contributed by atoms with E-state index in [-0.39, 0.29) is 17.2 Å². The van der Waals surface area contributed by atoms with E-state index in [9.17, 15) is 4.79 Å². The van der Waals surface area contributed by atoms with Gasteiger partial charge in [-0.25, -0.2) is 0 Å². The van der Waals surface area contributed by atoms with Crippen LogP contribution in [0.1, 0.15) is 27.7 Å². The molecule has 0 aromatic heterocycles. The summed E-state index contributed by atoms with van der Waals surface area (Å²) in [6.45, 7) is 8.00. The third-order valence-electron chi connectivity index (χ3n) is 2.34. The first-order chi connectivity index (χ1) is 6.70. The van der Waals surface area contributed by atoms with Crippen molar-refractivity contribution < 1.29 is 4.79 Å². The van der Waals surface area contributed by atoms with Crippen molar-refractivity contribution >= 4 is 5.91 Å². The van der Waals surface area contributed by atoms with Crippen LogP contribution < -0.4 is 5.73 Å². The van der Waals surface area contributed by atoms with E-state index in [1.165, 1.54) is 4.90 Å². The minimum Gasteiger partial charge on any atom is -0.343 e. The molecule has 0 aliphatic heterocycles. The van der Waals surface area contributed by atoms with Crippen molar-refractivity contribution in [1.29, 1.82) is 5.26 Å². The Morgan fingerprint density at radius 2 is 2.00 bits per heavy atom. The highest BCUT2D eigenvalue weighted by Crippen LogP contribution is 2.18.